The quantitative estimate of drug-likeness (QED) is 0.0614. The minimum absolute atomic E-state index is 0.216. The second-order valence-corrected chi connectivity index (χ2v) is 16.5. The molecule has 8 rings (SSSR count). The number of hydrogen-bond donors (Lipinski definition) is 1. The first-order valence-corrected chi connectivity index (χ1v) is 21.4. The molecule has 0 fully saturated rings. The van der Waals surface area contributed by atoms with Gasteiger partial charge in [-0.05, 0) is 126 Å². The van der Waals surface area contributed by atoms with E-state index in [1.807, 2.05) is 48.5 Å². The summed E-state index contributed by atoms with van der Waals surface area (Å²) in [7, 11) is 0. The highest BCUT2D eigenvalue weighted by molar-refractivity contribution is 7.81. The van der Waals surface area contributed by atoms with Crippen molar-refractivity contribution >= 4 is 56.4 Å². The van der Waals surface area contributed by atoms with Crippen LogP contribution in [0, 0.1) is 6.92 Å². The molecule has 1 N–H and O–H groups in total. The van der Waals surface area contributed by atoms with E-state index in [-0.39, 0.29) is 13.2 Å². The van der Waals surface area contributed by atoms with Crippen molar-refractivity contribution in [2.75, 3.05) is 18.5 Å². The number of benzene rings is 6. The molecule has 2 unspecified atom stereocenters. The number of esters is 2. The number of hydrogen-bond acceptors (Lipinski definition) is 9. The lowest BCUT2D eigenvalue weighted by molar-refractivity contribution is -0.144. The SMILES string of the molecule is C=CC(=O)OC(C)COc1ccc(C(=S)Nc2ccc(C3(c4ccc5nc(-c6ccc(OCC(C)OC(=O)C=C)cc6)sc5c4)c4ccccc4-c4ccccc43)cc2C)cc1. The van der Waals surface area contributed by atoms with Crippen LogP contribution in [0.4, 0.5) is 5.69 Å². The van der Waals surface area contributed by atoms with E-state index in [1.54, 1.807) is 25.2 Å². The molecule has 0 amide bonds. The fourth-order valence-electron chi connectivity index (χ4n) is 7.92. The summed E-state index contributed by atoms with van der Waals surface area (Å²) >= 11 is 7.55. The summed E-state index contributed by atoms with van der Waals surface area (Å²) in [5.74, 6) is 0.360. The summed E-state index contributed by atoms with van der Waals surface area (Å²) in [6.45, 7) is 13.0. The first kappa shape index (κ1) is 41.8. The van der Waals surface area contributed by atoms with Crippen LogP contribution < -0.4 is 14.8 Å². The van der Waals surface area contributed by atoms with Gasteiger partial charge in [0, 0.05) is 29.0 Å². The van der Waals surface area contributed by atoms with Crippen LogP contribution >= 0.6 is 23.6 Å². The lowest BCUT2D eigenvalue weighted by Gasteiger charge is -2.34. The van der Waals surface area contributed by atoms with Crippen molar-refractivity contribution in [1.82, 2.24) is 4.98 Å². The summed E-state index contributed by atoms with van der Waals surface area (Å²) in [5, 5.41) is 4.39. The zero-order valence-electron chi connectivity index (χ0n) is 34.6. The molecule has 1 aliphatic rings. The molecule has 1 aliphatic carbocycles. The predicted molar refractivity (Wildman–Crippen MR) is 251 cm³/mol. The van der Waals surface area contributed by atoms with Crippen molar-refractivity contribution in [3.05, 3.63) is 192 Å². The Bertz CT molecular complexity index is 2780. The molecule has 0 saturated carbocycles. The molecule has 8 nitrogen and oxygen atoms in total. The van der Waals surface area contributed by atoms with E-state index in [0.717, 1.165) is 60.9 Å². The van der Waals surface area contributed by atoms with Gasteiger partial charge in [0.15, 0.2) is 0 Å². The first-order valence-electron chi connectivity index (χ1n) is 20.2. The van der Waals surface area contributed by atoms with Gasteiger partial charge < -0.3 is 24.3 Å². The summed E-state index contributed by atoms with van der Waals surface area (Å²) in [6.07, 6.45) is 1.45. The molecule has 0 aliphatic heterocycles. The molecule has 6 aromatic carbocycles. The second kappa shape index (κ2) is 18.0. The Balaban J connectivity index is 1.08. The van der Waals surface area contributed by atoms with E-state index in [1.165, 1.54) is 22.3 Å². The number of anilines is 1. The van der Waals surface area contributed by atoms with Crippen molar-refractivity contribution in [1.29, 1.82) is 0 Å². The fourth-order valence-corrected chi connectivity index (χ4v) is 9.18. The monoisotopic (exact) mass is 856 g/mol. The van der Waals surface area contributed by atoms with Gasteiger partial charge in [0.05, 0.1) is 15.6 Å². The zero-order chi connectivity index (χ0) is 43.4. The third kappa shape index (κ3) is 8.39. The summed E-state index contributed by atoms with van der Waals surface area (Å²) in [4.78, 5) is 28.7. The third-order valence-electron chi connectivity index (χ3n) is 10.8. The van der Waals surface area contributed by atoms with Crippen LogP contribution in [0.25, 0.3) is 31.9 Å². The molecule has 0 bridgehead atoms. The van der Waals surface area contributed by atoms with Gasteiger partial charge in [-0.2, -0.15) is 0 Å². The number of thiocarbonyl (C=S) groups is 1. The Morgan fingerprint density at radius 2 is 1.26 bits per heavy atom. The molecule has 0 spiro atoms. The lowest BCUT2D eigenvalue weighted by Crippen LogP contribution is -2.28. The van der Waals surface area contributed by atoms with Gasteiger partial charge >= 0.3 is 11.9 Å². The highest BCUT2D eigenvalue weighted by Crippen LogP contribution is 2.56. The Kier molecular flexibility index (Phi) is 12.1. The highest BCUT2D eigenvalue weighted by atomic mass is 32.1. The molecule has 310 valence electrons. The van der Waals surface area contributed by atoms with Crippen LogP contribution in [0.5, 0.6) is 11.5 Å². The maximum Gasteiger partial charge on any atom is 0.330 e. The number of aryl methyl sites for hydroxylation is 1. The summed E-state index contributed by atoms with van der Waals surface area (Å²) in [6, 6.07) is 46.0. The van der Waals surface area contributed by atoms with Crippen molar-refractivity contribution in [2.45, 2.75) is 38.4 Å². The number of rotatable bonds is 15. The van der Waals surface area contributed by atoms with Crippen molar-refractivity contribution < 1.29 is 28.5 Å². The van der Waals surface area contributed by atoms with Gasteiger partial charge in [-0.15, -0.1) is 11.3 Å². The van der Waals surface area contributed by atoms with Crippen molar-refractivity contribution in [3.63, 3.8) is 0 Å². The molecule has 1 aromatic heterocycles. The average Bonchev–Trinajstić information content (AvgIpc) is 3.86. The smallest absolute Gasteiger partial charge is 0.330 e. The molecule has 7 aromatic rings. The van der Waals surface area contributed by atoms with E-state index < -0.39 is 29.6 Å². The van der Waals surface area contributed by atoms with Crippen LogP contribution in [0.15, 0.2) is 159 Å². The Hall–Kier alpha value is -6.88. The number of nitrogens with zero attached hydrogens (tertiary/aromatic N) is 1. The topological polar surface area (TPSA) is 96.0 Å². The van der Waals surface area contributed by atoms with Gasteiger partial charge in [-0.3, -0.25) is 0 Å². The Morgan fingerprint density at radius 3 is 1.82 bits per heavy atom. The molecule has 1 heterocycles. The maximum absolute atomic E-state index is 11.5. The molecule has 2 atom stereocenters. The molecule has 10 heteroatoms. The van der Waals surface area contributed by atoms with Crippen molar-refractivity contribution in [3.8, 4) is 33.2 Å². The summed E-state index contributed by atoms with van der Waals surface area (Å²) in [5.41, 5.74) is 11.3. The minimum atomic E-state index is -0.608. The number of thiazole rings is 1. The van der Waals surface area contributed by atoms with Crippen LogP contribution in [0.1, 0.15) is 47.2 Å². The van der Waals surface area contributed by atoms with Gasteiger partial charge in [-0.1, -0.05) is 92.1 Å². The molecular weight excluding hydrogens is 813 g/mol. The van der Waals surface area contributed by atoms with E-state index >= 15 is 0 Å². The third-order valence-corrected chi connectivity index (χ3v) is 12.2. The number of ether oxygens (including phenoxy) is 4. The van der Waals surface area contributed by atoms with Crippen LogP contribution in [-0.4, -0.2) is 47.3 Å². The number of fused-ring (bicyclic) bond motifs is 4. The maximum atomic E-state index is 11.5. The Labute approximate surface area is 370 Å². The normalized spacial score (nSPS) is 13.2. The second-order valence-electron chi connectivity index (χ2n) is 15.1. The van der Waals surface area contributed by atoms with Crippen LogP contribution in [0.2, 0.25) is 0 Å². The Morgan fingerprint density at radius 1 is 0.726 bits per heavy atom. The van der Waals surface area contributed by atoms with Gasteiger partial charge in [0.2, 0.25) is 0 Å². The molecule has 0 saturated heterocycles. The largest absolute Gasteiger partial charge is 0.490 e. The average molecular weight is 857 g/mol. The number of aromatic nitrogens is 1. The molecule has 62 heavy (non-hydrogen) atoms. The van der Waals surface area contributed by atoms with E-state index in [4.69, 9.17) is 36.1 Å². The standard InChI is InChI=1S/C52H44N2O6S2/c1-6-48(55)59-33(4)30-57-39-22-16-35(17-23-39)50(61)53-45-26-20-37(28-32(45)3)52(43-14-10-8-12-41(43)42-13-9-11-15-44(42)52)38-21-27-46-47(29-38)62-51(54-46)36-18-24-40(25-19-36)58-31-34(5)60-49(56)7-2/h6-29,33-34H,1-2,30-31H2,3-5H3,(H,53,61). The first-order chi connectivity index (χ1) is 30.1. The van der Waals surface area contributed by atoms with Crippen molar-refractivity contribution in [2.24, 2.45) is 0 Å². The molecular formula is C52H44N2O6S2. The minimum Gasteiger partial charge on any atom is -0.490 e. The van der Waals surface area contributed by atoms with Gasteiger partial charge in [0.25, 0.3) is 0 Å². The molecule has 0 radical (unpaired) electrons. The van der Waals surface area contributed by atoms with Crippen LogP contribution in [0.3, 0.4) is 0 Å². The number of carbonyl (C=O) groups excluding carboxylic acids is 2. The fraction of sp³-hybridized carbons (Fsp3) is 0.154. The number of nitrogens with one attached hydrogen (secondary N) is 1. The van der Waals surface area contributed by atoms with Gasteiger partial charge in [0.1, 0.15) is 46.9 Å². The predicted octanol–water partition coefficient (Wildman–Crippen LogP) is 11.4. The lowest BCUT2D eigenvalue weighted by atomic mass is 9.67. The van der Waals surface area contributed by atoms with E-state index in [2.05, 4.69) is 110 Å². The highest BCUT2D eigenvalue weighted by Gasteiger charge is 2.46. The van der Waals surface area contributed by atoms with Gasteiger partial charge in [-0.25, -0.2) is 14.6 Å². The van der Waals surface area contributed by atoms with Crippen LogP contribution in [-0.2, 0) is 24.5 Å². The summed E-state index contributed by atoms with van der Waals surface area (Å²) < 4.78 is 23.2. The number of carbonyl (C=O) groups is 2. The van der Waals surface area contributed by atoms with E-state index in [9.17, 15) is 9.59 Å². The zero-order valence-corrected chi connectivity index (χ0v) is 36.2. The van der Waals surface area contributed by atoms with E-state index in [0.29, 0.717) is 16.5 Å².